The van der Waals surface area contributed by atoms with Crippen molar-refractivity contribution in [1.82, 2.24) is 15.1 Å². The van der Waals surface area contributed by atoms with Gasteiger partial charge in [0.05, 0.1) is 11.6 Å². The number of ether oxygens (including phenoxy) is 1. The van der Waals surface area contributed by atoms with Crippen LogP contribution in [0.1, 0.15) is 51.5 Å². The van der Waals surface area contributed by atoms with Crippen LogP contribution in [0.15, 0.2) is 24.3 Å². The summed E-state index contributed by atoms with van der Waals surface area (Å²) in [4.78, 5) is 17.0. The van der Waals surface area contributed by atoms with Crippen molar-refractivity contribution in [2.75, 3.05) is 46.4 Å². The van der Waals surface area contributed by atoms with E-state index in [-0.39, 0.29) is 12.3 Å². The molecular formula is C23H36N4O2. The molecule has 1 heterocycles. The molecule has 1 aliphatic rings. The molecule has 0 spiro atoms. The van der Waals surface area contributed by atoms with E-state index in [0.717, 1.165) is 69.7 Å². The Kier molecular flexibility index (Phi) is 9.43. The first-order valence-corrected chi connectivity index (χ1v) is 10.8. The maximum Gasteiger partial charge on any atom is 0.234 e. The SMILES string of the molecule is CCCC(CCC)(NC(=O)CC#N)c1ccc(OCCN2CCN(C)CC2)cc1. The summed E-state index contributed by atoms with van der Waals surface area (Å²) >= 11 is 0. The van der Waals surface area contributed by atoms with E-state index in [1.165, 1.54) is 0 Å². The number of nitriles is 1. The number of rotatable bonds is 11. The van der Waals surface area contributed by atoms with Gasteiger partial charge in [-0.15, -0.1) is 0 Å². The molecule has 0 radical (unpaired) electrons. The molecule has 1 aromatic carbocycles. The Morgan fingerprint density at radius 1 is 1.14 bits per heavy atom. The minimum Gasteiger partial charge on any atom is -0.492 e. The normalized spacial score (nSPS) is 15.7. The molecule has 1 aromatic rings. The lowest BCUT2D eigenvalue weighted by molar-refractivity contribution is -0.122. The second-order valence-corrected chi connectivity index (χ2v) is 7.98. The van der Waals surface area contributed by atoms with E-state index in [1.54, 1.807) is 0 Å². The van der Waals surface area contributed by atoms with Gasteiger partial charge < -0.3 is 15.0 Å². The molecule has 29 heavy (non-hydrogen) atoms. The van der Waals surface area contributed by atoms with Crippen molar-refractivity contribution in [3.63, 3.8) is 0 Å². The van der Waals surface area contributed by atoms with E-state index in [4.69, 9.17) is 10.00 Å². The van der Waals surface area contributed by atoms with Crippen molar-refractivity contribution < 1.29 is 9.53 Å². The molecule has 0 aromatic heterocycles. The topological polar surface area (TPSA) is 68.6 Å². The van der Waals surface area contributed by atoms with E-state index >= 15 is 0 Å². The lowest BCUT2D eigenvalue weighted by Gasteiger charge is -2.35. The van der Waals surface area contributed by atoms with Crippen LogP contribution in [0.2, 0.25) is 0 Å². The summed E-state index contributed by atoms with van der Waals surface area (Å²) in [5.74, 6) is 0.648. The molecule has 0 atom stereocenters. The Hall–Kier alpha value is -2.10. The van der Waals surface area contributed by atoms with Crippen molar-refractivity contribution in [2.24, 2.45) is 0 Å². The standard InChI is InChI=1S/C23H36N4O2/c1-4-11-23(12-5-2,25-22(28)10-13-24)20-6-8-21(9-7-20)29-19-18-27-16-14-26(3)15-17-27/h6-9H,4-5,10-12,14-19H2,1-3H3,(H,25,28). The molecule has 160 valence electrons. The number of benzene rings is 1. The molecule has 1 aliphatic heterocycles. The molecule has 0 bridgehead atoms. The van der Waals surface area contributed by atoms with Gasteiger partial charge in [-0.25, -0.2) is 0 Å². The molecule has 2 rings (SSSR count). The number of nitrogens with zero attached hydrogens (tertiary/aromatic N) is 3. The fraction of sp³-hybridized carbons (Fsp3) is 0.652. The first-order valence-electron chi connectivity index (χ1n) is 10.8. The van der Waals surface area contributed by atoms with Crippen molar-refractivity contribution in [3.05, 3.63) is 29.8 Å². The average molecular weight is 401 g/mol. The first-order chi connectivity index (χ1) is 14.0. The van der Waals surface area contributed by atoms with Gasteiger partial charge in [-0.1, -0.05) is 38.8 Å². The third-order valence-corrected chi connectivity index (χ3v) is 5.65. The van der Waals surface area contributed by atoms with Crippen LogP contribution in [0.25, 0.3) is 0 Å². The van der Waals surface area contributed by atoms with Gasteiger partial charge in [0.25, 0.3) is 0 Å². The average Bonchev–Trinajstić information content (AvgIpc) is 2.70. The van der Waals surface area contributed by atoms with Crippen molar-refractivity contribution in [2.45, 2.75) is 51.5 Å². The number of carbonyl (C=O) groups excluding carboxylic acids is 1. The minimum absolute atomic E-state index is 0.108. The summed E-state index contributed by atoms with van der Waals surface area (Å²) in [5.41, 5.74) is 0.661. The third-order valence-electron chi connectivity index (χ3n) is 5.65. The number of piperazine rings is 1. The van der Waals surface area contributed by atoms with Crippen LogP contribution in [0.4, 0.5) is 0 Å². The molecule has 1 amide bonds. The van der Waals surface area contributed by atoms with Crippen LogP contribution in [0.5, 0.6) is 5.75 Å². The van der Waals surface area contributed by atoms with Gasteiger partial charge in [-0.3, -0.25) is 9.69 Å². The fourth-order valence-electron chi connectivity index (χ4n) is 4.08. The Morgan fingerprint density at radius 3 is 2.31 bits per heavy atom. The highest BCUT2D eigenvalue weighted by atomic mass is 16.5. The summed E-state index contributed by atoms with van der Waals surface area (Å²) in [6.45, 7) is 10.3. The minimum atomic E-state index is -0.421. The van der Waals surface area contributed by atoms with Gasteiger partial charge in [0.15, 0.2) is 0 Å². The molecule has 6 heteroatoms. The van der Waals surface area contributed by atoms with Gasteiger partial charge >= 0.3 is 0 Å². The van der Waals surface area contributed by atoms with E-state index in [2.05, 4.69) is 48.1 Å². The number of hydrogen-bond donors (Lipinski definition) is 1. The second kappa shape index (κ2) is 11.8. The predicted molar refractivity (Wildman–Crippen MR) is 116 cm³/mol. The summed E-state index contributed by atoms with van der Waals surface area (Å²) in [6.07, 6.45) is 3.50. The van der Waals surface area contributed by atoms with E-state index in [1.807, 2.05) is 18.2 Å². The summed E-state index contributed by atoms with van der Waals surface area (Å²) in [5, 5.41) is 12.0. The van der Waals surface area contributed by atoms with Crippen LogP contribution >= 0.6 is 0 Å². The van der Waals surface area contributed by atoms with Gasteiger partial charge in [0.1, 0.15) is 18.8 Å². The van der Waals surface area contributed by atoms with Gasteiger partial charge in [-0.05, 0) is 37.6 Å². The first kappa shape index (κ1) is 23.2. The van der Waals surface area contributed by atoms with Crippen molar-refractivity contribution >= 4 is 5.91 Å². The molecule has 0 aliphatic carbocycles. The van der Waals surface area contributed by atoms with Crippen LogP contribution in [0.3, 0.4) is 0 Å². The number of hydrogen-bond acceptors (Lipinski definition) is 5. The molecule has 6 nitrogen and oxygen atoms in total. The van der Waals surface area contributed by atoms with Crippen LogP contribution in [0, 0.1) is 11.3 Å². The van der Waals surface area contributed by atoms with Crippen molar-refractivity contribution in [3.8, 4) is 11.8 Å². The third kappa shape index (κ3) is 7.02. The number of amides is 1. The molecule has 1 N–H and O–H groups in total. The highest BCUT2D eigenvalue weighted by Crippen LogP contribution is 2.33. The number of nitrogens with one attached hydrogen (secondary N) is 1. The zero-order valence-electron chi connectivity index (χ0n) is 18.2. The van der Waals surface area contributed by atoms with Crippen LogP contribution in [-0.2, 0) is 10.3 Å². The Bertz CT molecular complexity index is 654. The zero-order chi connectivity index (χ0) is 21.1. The monoisotopic (exact) mass is 400 g/mol. The lowest BCUT2D eigenvalue weighted by Crippen LogP contribution is -2.45. The highest BCUT2D eigenvalue weighted by Gasteiger charge is 2.32. The summed E-state index contributed by atoms with van der Waals surface area (Å²) < 4.78 is 5.96. The van der Waals surface area contributed by atoms with Crippen molar-refractivity contribution in [1.29, 1.82) is 5.26 Å². The summed E-state index contributed by atoms with van der Waals surface area (Å²) in [6, 6.07) is 10.1. The number of carbonyl (C=O) groups is 1. The van der Waals surface area contributed by atoms with Gasteiger partial charge in [0.2, 0.25) is 5.91 Å². The molecular weight excluding hydrogens is 364 g/mol. The molecule has 1 saturated heterocycles. The maximum absolute atomic E-state index is 12.2. The summed E-state index contributed by atoms with van der Waals surface area (Å²) in [7, 11) is 2.16. The zero-order valence-corrected chi connectivity index (χ0v) is 18.2. The molecule has 1 fully saturated rings. The van der Waals surface area contributed by atoms with Gasteiger partial charge in [-0.2, -0.15) is 5.26 Å². The van der Waals surface area contributed by atoms with Crippen LogP contribution in [-0.4, -0.2) is 62.1 Å². The quantitative estimate of drug-likeness (QED) is 0.618. The Morgan fingerprint density at radius 2 is 1.76 bits per heavy atom. The lowest BCUT2D eigenvalue weighted by atomic mass is 9.81. The molecule has 0 saturated carbocycles. The van der Waals surface area contributed by atoms with E-state index < -0.39 is 5.54 Å². The smallest absolute Gasteiger partial charge is 0.234 e. The largest absolute Gasteiger partial charge is 0.492 e. The van der Waals surface area contributed by atoms with Gasteiger partial charge in [0, 0.05) is 32.7 Å². The van der Waals surface area contributed by atoms with Crippen LogP contribution < -0.4 is 10.1 Å². The maximum atomic E-state index is 12.2. The van der Waals surface area contributed by atoms with E-state index in [0.29, 0.717) is 6.61 Å². The number of likely N-dealkylation sites (N-methyl/N-ethyl adjacent to an activating group) is 1. The predicted octanol–water partition coefficient (Wildman–Crippen LogP) is 3.14. The Balaban J connectivity index is 1.99. The van der Waals surface area contributed by atoms with E-state index in [9.17, 15) is 4.79 Å². The highest BCUT2D eigenvalue weighted by molar-refractivity contribution is 5.79. The second-order valence-electron chi connectivity index (χ2n) is 7.98. The fourth-order valence-corrected chi connectivity index (χ4v) is 4.08. The molecule has 0 unspecified atom stereocenters. The Labute approximate surface area is 175 Å².